The molecule has 17 heavy (non-hydrogen) atoms. The summed E-state index contributed by atoms with van der Waals surface area (Å²) in [7, 11) is 0. The van der Waals surface area contributed by atoms with Gasteiger partial charge in [0.05, 0.1) is 6.54 Å². The first kappa shape index (κ1) is 14.8. The molecule has 100 valence electrons. The van der Waals surface area contributed by atoms with E-state index in [-0.39, 0.29) is 16.7 Å². The molecule has 1 heterocycles. The highest BCUT2D eigenvalue weighted by Crippen LogP contribution is 2.33. The molecule has 0 aromatic carbocycles. The Bertz CT molecular complexity index is 244. The molecule has 0 unspecified atom stereocenters. The Morgan fingerprint density at radius 3 is 2.47 bits per heavy atom. The molecule has 0 aromatic rings. The maximum atomic E-state index is 11.6. The molecule has 1 aliphatic heterocycles. The standard InChI is InChI=1S/C12H25N3OS/c1-10(2)14-11(16)8-15-6-4-12(9-13,17-3)5-7-15/h10H,4-9,13H2,1-3H3,(H,14,16). The summed E-state index contributed by atoms with van der Waals surface area (Å²) >= 11 is 1.87. The van der Waals surface area contributed by atoms with Crippen LogP contribution in [0.1, 0.15) is 26.7 Å². The van der Waals surface area contributed by atoms with E-state index in [2.05, 4.69) is 16.5 Å². The molecule has 5 heteroatoms. The van der Waals surface area contributed by atoms with E-state index in [0.717, 1.165) is 32.5 Å². The van der Waals surface area contributed by atoms with Gasteiger partial charge in [-0.1, -0.05) is 0 Å². The fraction of sp³-hybridized carbons (Fsp3) is 0.917. The van der Waals surface area contributed by atoms with E-state index in [1.54, 1.807) is 0 Å². The van der Waals surface area contributed by atoms with E-state index < -0.39 is 0 Å². The molecule has 4 nitrogen and oxygen atoms in total. The third kappa shape index (κ3) is 4.48. The summed E-state index contributed by atoms with van der Waals surface area (Å²) in [6.45, 7) is 7.18. The maximum absolute atomic E-state index is 11.6. The number of nitrogens with one attached hydrogen (secondary N) is 1. The number of likely N-dealkylation sites (tertiary alicyclic amines) is 1. The molecule has 1 amide bonds. The van der Waals surface area contributed by atoms with Crippen LogP contribution in [0.15, 0.2) is 0 Å². The molecule has 0 spiro atoms. The Morgan fingerprint density at radius 2 is 2.06 bits per heavy atom. The van der Waals surface area contributed by atoms with E-state index in [9.17, 15) is 4.79 Å². The molecule has 1 fully saturated rings. The monoisotopic (exact) mass is 259 g/mol. The fourth-order valence-electron chi connectivity index (χ4n) is 2.18. The van der Waals surface area contributed by atoms with Crippen molar-refractivity contribution in [3.05, 3.63) is 0 Å². The quantitative estimate of drug-likeness (QED) is 0.762. The predicted molar refractivity (Wildman–Crippen MR) is 74.3 cm³/mol. The van der Waals surface area contributed by atoms with Crippen LogP contribution in [0.3, 0.4) is 0 Å². The summed E-state index contributed by atoms with van der Waals surface area (Å²) in [6, 6.07) is 0.224. The van der Waals surface area contributed by atoms with Crippen molar-refractivity contribution in [1.82, 2.24) is 10.2 Å². The largest absolute Gasteiger partial charge is 0.353 e. The number of hydrogen-bond acceptors (Lipinski definition) is 4. The molecule has 0 aliphatic carbocycles. The predicted octanol–water partition coefficient (Wildman–Crippen LogP) is 0.667. The van der Waals surface area contributed by atoms with Crippen molar-refractivity contribution in [2.75, 3.05) is 32.4 Å². The highest BCUT2D eigenvalue weighted by Gasteiger charge is 2.32. The number of hydrogen-bond donors (Lipinski definition) is 2. The number of carbonyl (C=O) groups excluding carboxylic acids is 1. The van der Waals surface area contributed by atoms with Gasteiger partial charge in [0.1, 0.15) is 0 Å². The van der Waals surface area contributed by atoms with Gasteiger partial charge in [-0.15, -0.1) is 0 Å². The van der Waals surface area contributed by atoms with Gasteiger partial charge in [-0.3, -0.25) is 9.69 Å². The number of carbonyl (C=O) groups is 1. The topological polar surface area (TPSA) is 58.4 Å². The van der Waals surface area contributed by atoms with Crippen LogP contribution in [-0.2, 0) is 4.79 Å². The van der Waals surface area contributed by atoms with Gasteiger partial charge in [-0.05, 0) is 32.9 Å². The summed E-state index contributed by atoms with van der Waals surface area (Å²) in [5.74, 6) is 0.129. The Balaban J connectivity index is 2.34. The van der Waals surface area contributed by atoms with E-state index in [4.69, 9.17) is 5.73 Å². The van der Waals surface area contributed by atoms with E-state index >= 15 is 0 Å². The molecule has 1 rings (SSSR count). The van der Waals surface area contributed by atoms with Crippen molar-refractivity contribution in [3.8, 4) is 0 Å². The van der Waals surface area contributed by atoms with Crippen LogP contribution in [0.4, 0.5) is 0 Å². The van der Waals surface area contributed by atoms with Crippen molar-refractivity contribution in [1.29, 1.82) is 0 Å². The summed E-state index contributed by atoms with van der Waals surface area (Å²) in [4.78, 5) is 13.9. The van der Waals surface area contributed by atoms with Gasteiger partial charge in [-0.2, -0.15) is 11.8 Å². The molecular weight excluding hydrogens is 234 g/mol. The van der Waals surface area contributed by atoms with Gasteiger partial charge in [0.15, 0.2) is 0 Å². The lowest BCUT2D eigenvalue weighted by Gasteiger charge is -2.39. The van der Waals surface area contributed by atoms with Crippen molar-refractivity contribution in [2.45, 2.75) is 37.5 Å². The number of piperidine rings is 1. The van der Waals surface area contributed by atoms with Gasteiger partial charge in [-0.25, -0.2) is 0 Å². The molecular formula is C12H25N3OS. The van der Waals surface area contributed by atoms with E-state index in [1.165, 1.54) is 0 Å². The number of nitrogens with two attached hydrogens (primary N) is 1. The van der Waals surface area contributed by atoms with Crippen LogP contribution in [0.25, 0.3) is 0 Å². The summed E-state index contributed by atoms with van der Waals surface area (Å²) in [5.41, 5.74) is 5.84. The minimum absolute atomic E-state index is 0.129. The van der Waals surface area contributed by atoms with Gasteiger partial charge in [0, 0.05) is 30.4 Å². The van der Waals surface area contributed by atoms with E-state index in [0.29, 0.717) is 6.54 Å². The third-order valence-corrected chi connectivity index (χ3v) is 4.83. The van der Waals surface area contributed by atoms with Gasteiger partial charge < -0.3 is 11.1 Å². The second-order valence-electron chi connectivity index (χ2n) is 5.09. The minimum atomic E-state index is 0.129. The lowest BCUT2D eigenvalue weighted by atomic mass is 9.96. The molecule has 0 saturated carbocycles. The van der Waals surface area contributed by atoms with Crippen LogP contribution < -0.4 is 11.1 Å². The lowest BCUT2D eigenvalue weighted by Crippen LogP contribution is -2.49. The van der Waals surface area contributed by atoms with Gasteiger partial charge >= 0.3 is 0 Å². The summed E-state index contributed by atoms with van der Waals surface area (Å²) in [5, 5.41) is 2.93. The van der Waals surface area contributed by atoms with Crippen LogP contribution in [0.5, 0.6) is 0 Å². The summed E-state index contributed by atoms with van der Waals surface area (Å²) < 4.78 is 0.241. The van der Waals surface area contributed by atoms with Crippen LogP contribution in [-0.4, -0.2) is 54.0 Å². The molecule has 0 atom stereocenters. The first-order valence-corrected chi connectivity index (χ1v) is 7.51. The number of amides is 1. The zero-order valence-electron chi connectivity index (χ0n) is 11.2. The van der Waals surface area contributed by atoms with Crippen molar-refractivity contribution in [3.63, 3.8) is 0 Å². The minimum Gasteiger partial charge on any atom is -0.353 e. The zero-order chi connectivity index (χ0) is 12.9. The lowest BCUT2D eigenvalue weighted by molar-refractivity contribution is -0.123. The first-order valence-electron chi connectivity index (χ1n) is 6.28. The number of thioether (sulfide) groups is 1. The van der Waals surface area contributed by atoms with E-state index in [1.807, 2.05) is 25.6 Å². The SMILES string of the molecule is CSC1(CN)CCN(CC(=O)NC(C)C)CC1. The number of nitrogens with zero attached hydrogens (tertiary/aromatic N) is 1. The normalized spacial score (nSPS) is 20.5. The molecule has 1 aliphatic rings. The Hall–Kier alpha value is -0.260. The fourth-order valence-corrected chi connectivity index (χ4v) is 2.94. The van der Waals surface area contributed by atoms with Crippen molar-refractivity contribution in [2.24, 2.45) is 5.73 Å². The maximum Gasteiger partial charge on any atom is 0.234 e. The van der Waals surface area contributed by atoms with Crippen molar-refractivity contribution >= 4 is 17.7 Å². The molecule has 0 radical (unpaired) electrons. The Kier molecular flexibility index (Phi) is 5.76. The highest BCUT2D eigenvalue weighted by molar-refractivity contribution is 8.00. The van der Waals surface area contributed by atoms with Gasteiger partial charge in [0.2, 0.25) is 5.91 Å². The smallest absolute Gasteiger partial charge is 0.234 e. The summed E-state index contributed by atoms with van der Waals surface area (Å²) in [6.07, 6.45) is 4.30. The Morgan fingerprint density at radius 1 is 1.47 bits per heavy atom. The van der Waals surface area contributed by atoms with Crippen LogP contribution >= 0.6 is 11.8 Å². The van der Waals surface area contributed by atoms with Gasteiger partial charge in [0.25, 0.3) is 0 Å². The molecule has 0 bridgehead atoms. The van der Waals surface area contributed by atoms with Crippen molar-refractivity contribution < 1.29 is 4.79 Å². The second-order valence-corrected chi connectivity index (χ2v) is 6.36. The first-order chi connectivity index (χ1) is 8.01. The average molecular weight is 259 g/mol. The zero-order valence-corrected chi connectivity index (χ0v) is 12.0. The second kappa shape index (κ2) is 6.61. The average Bonchev–Trinajstić information content (AvgIpc) is 2.29. The molecule has 1 saturated heterocycles. The highest BCUT2D eigenvalue weighted by atomic mass is 32.2. The van der Waals surface area contributed by atoms with Crippen LogP contribution in [0.2, 0.25) is 0 Å². The molecule has 3 N–H and O–H groups in total. The molecule has 0 aromatic heterocycles. The van der Waals surface area contributed by atoms with Crippen LogP contribution in [0, 0.1) is 0 Å². The Labute approximate surface area is 109 Å². The number of rotatable bonds is 5. The third-order valence-electron chi connectivity index (χ3n) is 3.39.